The van der Waals surface area contributed by atoms with E-state index in [-0.39, 0.29) is 26.9 Å². The van der Waals surface area contributed by atoms with Crippen LogP contribution in [-0.2, 0) is 19.5 Å². The van der Waals surface area contributed by atoms with Crippen LogP contribution in [-0.4, -0.2) is 6.72 Å². The Morgan fingerprint density at radius 2 is 1.83 bits per heavy atom. The van der Waals surface area contributed by atoms with Crippen molar-refractivity contribution in [1.82, 2.24) is 0 Å². The van der Waals surface area contributed by atoms with Gasteiger partial charge in [0.15, 0.2) is 0 Å². The molecule has 1 aromatic carbocycles. The second-order valence-electron chi connectivity index (χ2n) is 1.58. The number of rotatable bonds is 0. The molecule has 64 valence electrons. The molecule has 4 heteroatoms. The molecule has 1 rings (SSSR count). The summed E-state index contributed by atoms with van der Waals surface area (Å²) in [5, 5.41) is 6.75. The topological polar surface area (TPSA) is 74.3 Å². The zero-order valence-electron chi connectivity index (χ0n) is 7.25. The van der Waals surface area contributed by atoms with Crippen LogP contribution in [0.25, 0.3) is 5.41 Å². The van der Waals surface area contributed by atoms with E-state index in [1.165, 1.54) is 0 Å². The Morgan fingerprint density at radius 1 is 1.33 bits per heavy atom. The summed E-state index contributed by atoms with van der Waals surface area (Å²) in [5.41, 5.74) is 12.0. The van der Waals surface area contributed by atoms with Gasteiger partial charge >= 0.3 is 0 Å². The molecule has 1 aromatic rings. The second-order valence-corrected chi connectivity index (χ2v) is 1.58. The van der Waals surface area contributed by atoms with Crippen molar-refractivity contribution in [3.63, 3.8) is 0 Å². The number of nitrogens with zero attached hydrogens (tertiary/aromatic N) is 1. The minimum Gasteiger partial charge on any atom is -0.817 e. The fourth-order valence-corrected chi connectivity index (χ4v) is 0.503. The van der Waals surface area contributed by atoms with Crippen molar-refractivity contribution in [3.8, 4) is 0 Å². The first kappa shape index (κ1) is 17.3. The van der Waals surface area contributed by atoms with Crippen LogP contribution in [0.4, 0.5) is 11.4 Å². The van der Waals surface area contributed by atoms with Gasteiger partial charge < -0.3 is 24.3 Å². The van der Waals surface area contributed by atoms with E-state index >= 15 is 0 Å². The molecule has 0 aromatic heterocycles. The van der Waals surface area contributed by atoms with Crippen LogP contribution in [0.1, 0.15) is 0 Å². The molecule has 0 bridgehead atoms. The Hall–Kier alpha value is -0.887. The molecule has 0 amide bonds. The van der Waals surface area contributed by atoms with Gasteiger partial charge in [0.05, 0.1) is 0 Å². The number of hydrogen-bond donors (Lipinski definition) is 2. The number of benzene rings is 1. The van der Waals surface area contributed by atoms with Crippen LogP contribution in [0.3, 0.4) is 0 Å². The van der Waals surface area contributed by atoms with Gasteiger partial charge in [-0.25, -0.2) is 6.72 Å². The average molecular weight is 216 g/mol. The van der Waals surface area contributed by atoms with E-state index in [4.69, 9.17) is 16.9 Å². The SMILES string of the molecule is C=[N-].Nc1[c-]ccc(N)c1.[CH3-].[Zn]. The predicted octanol–water partition coefficient (Wildman–Crippen LogP) is 1.36. The van der Waals surface area contributed by atoms with Gasteiger partial charge in [0.25, 0.3) is 0 Å². The maximum atomic E-state index is 6.75. The molecule has 0 atom stereocenters. The van der Waals surface area contributed by atoms with E-state index in [2.05, 4.69) is 12.8 Å². The summed E-state index contributed by atoms with van der Waals surface area (Å²) in [4.78, 5) is 0. The normalized spacial score (nSPS) is 6.33. The van der Waals surface area contributed by atoms with Crippen molar-refractivity contribution >= 4 is 18.1 Å². The Kier molecular flexibility index (Phi) is 14.6. The molecule has 0 aliphatic heterocycles. The van der Waals surface area contributed by atoms with Crippen LogP contribution >= 0.6 is 0 Å². The third-order valence-electron chi connectivity index (χ3n) is 0.848. The Morgan fingerprint density at radius 3 is 2.08 bits per heavy atom. The molecular weight excluding hydrogens is 203 g/mol. The van der Waals surface area contributed by atoms with Crippen LogP contribution in [0.5, 0.6) is 0 Å². The van der Waals surface area contributed by atoms with Gasteiger partial charge in [-0.15, -0.1) is 12.1 Å². The van der Waals surface area contributed by atoms with Crippen LogP contribution < -0.4 is 11.5 Å². The van der Waals surface area contributed by atoms with Gasteiger partial charge in [0.1, 0.15) is 0 Å². The fourth-order valence-electron chi connectivity index (χ4n) is 0.503. The molecule has 0 saturated carbocycles. The maximum Gasteiger partial charge on any atom is 0 e. The van der Waals surface area contributed by atoms with Gasteiger partial charge in [0.2, 0.25) is 0 Å². The molecule has 3 nitrogen and oxygen atoms in total. The minimum atomic E-state index is 0. The summed E-state index contributed by atoms with van der Waals surface area (Å²) >= 11 is 0. The second kappa shape index (κ2) is 10.1. The zero-order chi connectivity index (χ0) is 7.98. The standard InChI is InChI=1S/C6H7N2.CH2N.CH3.Zn/c7-5-2-1-3-6(8)4-5;1-2;;/h1-2,4H,7-8H2;1H2;1H3;/q3*-1;. The molecule has 0 spiro atoms. The first-order valence-electron chi connectivity index (χ1n) is 2.63. The molecule has 0 radical (unpaired) electrons. The Balaban J connectivity index is -0.000000189. The first-order chi connectivity index (χ1) is 4.79. The van der Waals surface area contributed by atoms with Gasteiger partial charge in [-0.1, -0.05) is 11.4 Å². The summed E-state index contributed by atoms with van der Waals surface area (Å²) < 4.78 is 0. The van der Waals surface area contributed by atoms with Crippen LogP contribution in [0.2, 0.25) is 0 Å². The van der Waals surface area contributed by atoms with Crippen molar-refractivity contribution in [2.75, 3.05) is 11.5 Å². The van der Waals surface area contributed by atoms with Crippen molar-refractivity contribution in [2.24, 2.45) is 0 Å². The van der Waals surface area contributed by atoms with E-state index in [1.807, 2.05) is 0 Å². The molecule has 0 aliphatic carbocycles. The van der Waals surface area contributed by atoms with Crippen LogP contribution in [0.15, 0.2) is 18.2 Å². The van der Waals surface area contributed by atoms with E-state index in [9.17, 15) is 0 Å². The van der Waals surface area contributed by atoms with E-state index in [1.54, 1.807) is 18.2 Å². The summed E-state index contributed by atoms with van der Waals surface area (Å²) in [6, 6.07) is 7.88. The van der Waals surface area contributed by atoms with Crippen LogP contribution in [0, 0.1) is 13.5 Å². The molecule has 12 heavy (non-hydrogen) atoms. The van der Waals surface area contributed by atoms with Gasteiger partial charge in [-0.2, -0.15) is 12.1 Å². The van der Waals surface area contributed by atoms with Crippen molar-refractivity contribution < 1.29 is 19.5 Å². The summed E-state index contributed by atoms with van der Waals surface area (Å²) in [6.45, 7) is 2.25. The van der Waals surface area contributed by atoms with E-state index in [0.29, 0.717) is 11.4 Å². The van der Waals surface area contributed by atoms with Gasteiger partial charge in [0, 0.05) is 19.5 Å². The number of nitrogens with two attached hydrogens (primary N) is 2. The quantitative estimate of drug-likeness (QED) is 0.297. The molecule has 4 N–H and O–H groups in total. The molecule has 0 unspecified atom stereocenters. The van der Waals surface area contributed by atoms with E-state index in [0.717, 1.165) is 0 Å². The van der Waals surface area contributed by atoms with Crippen molar-refractivity contribution in [3.05, 3.63) is 37.1 Å². The molecular formula is C8H12N3Zn-3. The monoisotopic (exact) mass is 214 g/mol. The molecule has 0 fully saturated rings. The predicted molar refractivity (Wildman–Crippen MR) is 51.0 cm³/mol. The first-order valence-corrected chi connectivity index (χ1v) is 2.63. The third kappa shape index (κ3) is 7.22. The van der Waals surface area contributed by atoms with E-state index < -0.39 is 0 Å². The summed E-state index contributed by atoms with van der Waals surface area (Å²) in [5.74, 6) is 0. The Labute approximate surface area is 86.4 Å². The number of anilines is 2. The molecule has 0 aliphatic rings. The summed E-state index contributed by atoms with van der Waals surface area (Å²) in [7, 11) is 0. The van der Waals surface area contributed by atoms with Crippen molar-refractivity contribution in [2.45, 2.75) is 0 Å². The zero-order valence-corrected chi connectivity index (χ0v) is 10.2. The Bertz CT molecular complexity index is 186. The smallest absolute Gasteiger partial charge is 0 e. The summed E-state index contributed by atoms with van der Waals surface area (Å²) in [6.07, 6.45) is 0. The minimum absolute atomic E-state index is 0. The number of nitrogen functional groups attached to an aromatic ring is 2. The molecule has 0 saturated heterocycles. The van der Waals surface area contributed by atoms with Gasteiger partial charge in [-0.05, 0) is 0 Å². The fraction of sp³-hybridized carbons (Fsp3) is 0. The largest absolute Gasteiger partial charge is 0.817 e. The van der Waals surface area contributed by atoms with Crippen molar-refractivity contribution in [1.29, 1.82) is 0 Å². The molecule has 0 heterocycles. The maximum absolute atomic E-state index is 6.75. The third-order valence-corrected chi connectivity index (χ3v) is 0.848. The average Bonchev–Trinajstić information content (AvgIpc) is 1.91. The number of hydrogen-bond acceptors (Lipinski definition) is 2. The van der Waals surface area contributed by atoms with Gasteiger partial charge in [-0.3, -0.25) is 0 Å².